The summed E-state index contributed by atoms with van der Waals surface area (Å²) in [4.78, 5) is 24.0. The van der Waals surface area contributed by atoms with E-state index >= 15 is 0 Å². The number of likely N-dealkylation sites (N-methyl/N-ethyl adjacent to an activating group) is 1. The zero-order valence-corrected chi connectivity index (χ0v) is 18.3. The van der Waals surface area contributed by atoms with Crippen molar-refractivity contribution in [2.75, 3.05) is 36.2 Å². The predicted octanol–water partition coefficient (Wildman–Crippen LogP) is 1.72. The first-order valence-corrected chi connectivity index (χ1v) is 11.7. The molecule has 0 bridgehead atoms. The highest BCUT2D eigenvalue weighted by atomic mass is 32.2. The van der Waals surface area contributed by atoms with Crippen LogP contribution in [0.4, 0.5) is 10.8 Å². The summed E-state index contributed by atoms with van der Waals surface area (Å²) in [6, 6.07) is 5.78. The number of hydrogen-bond acceptors (Lipinski definition) is 8. The minimum Gasteiger partial charge on any atom is -0.325 e. The smallest absolute Gasteiger partial charge is 0.241 e. The lowest BCUT2D eigenvalue weighted by atomic mass is 10.1. The van der Waals surface area contributed by atoms with E-state index in [9.17, 15) is 18.0 Å². The van der Waals surface area contributed by atoms with E-state index in [1.54, 1.807) is 0 Å². The van der Waals surface area contributed by atoms with Crippen molar-refractivity contribution < 1.29 is 18.0 Å². The summed E-state index contributed by atoms with van der Waals surface area (Å²) < 4.78 is 24.1. The maximum absolute atomic E-state index is 12.1. The molecule has 0 unspecified atom stereocenters. The van der Waals surface area contributed by atoms with E-state index in [1.807, 2.05) is 32.0 Å². The molecule has 2 rings (SSSR count). The fourth-order valence-corrected chi connectivity index (χ4v) is 3.98. The second-order valence-electron chi connectivity index (χ2n) is 6.10. The lowest BCUT2D eigenvalue weighted by Gasteiger charge is -2.12. The molecule has 2 N–H and O–H groups in total. The monoisotopic (exact) mass is 443 g/mol. The fraction of sp³-hybridized carbons (Fsp3) is 0.375. The number of aromatic nitrogens is 2. The highest BCUT2D eigenvalue weighted by Crippen LogP contribution is 2.26. The summed E-state index contributed by atoms with van der Waals surface area (Å²) in [5, 5.41) is 13.3. The Balaban J connectivity index is 1.84. The van der Waals surface area contributed by atoms with E-state index in [0.29, 0.717) is 4.34 Å². The van der Waals surface area contributed by atoms with Gasteiger partial charge in [0.1, 0.15) is 0 Å². The number of sulfonamides is 1. The lowest BCUT2D eigenvalue weighted by molar-refractivity contribution is -0.116. The first-order valence-electron chi connectivity index (χ1n) is 8.09. The number of thioether (sulfide) groups is 1. The van der Waals surface area contributed by atoms with Gasteiger partial charge in [-0.05, 0) is 25.5 Å². The Morgan fingerprint density at radius 1 is 1.18 bits per heavy atom. The Hall–Kier alpha value is -2.02. The molecule has 0 aliphatic heterocycles. The number of rotatable bonds is 8. The van der Waals surface area contributed by atoms with Crippen molar-refractivity contribution in [2.24, 2.45) is 0 Å². The van der Waals surface area contributed by atoms with Crippen molar-refractivity contribution in [2.45, 2.75) is 18.2 Å². The molecule has 1 heterocycles. The molecule has 2 aromatic rings. The minimum atomic E-state index is -3.44. The number of aryl methyl sites for hydroxylation is 2. The van der Waals surface area contributed by atoms with Gasteiger partial charge in [0.25, 0.3) is 0 Å². The number of carbonyl (C=O) groups excluding carboxylic acids is 2. The molecule has 9 nitrogen and oxygen atoms in total. The molecule has 12 heteroatoms. The fourth-order valence-electron chi connectivity index (χ4n) is 2.06. The van der Waals surface area contributed by atoms with Crippen molar-refractivity contribution in [3.63, 3.8) is 0 Å². The second-order valence-corrected chi connectivity index (χ2v) is 10.4. The van der Waals surface area contributed by atoms with Crippen LogP contribution in [0.25, 0.3) is 0 Å². The normalized spacial score (nSPS) is 11.5. The SMILES string of the molecule is Cc1ccc(NC(=O)CSc2nnc(NC(=O)CN(C)S(C)(=O)=O)s2)c(C)c1. The average molecular weight is 444 g/mol. The lowest BCUT2D eigenvalue weighted by Crippen LogP contribution is -2.34. The zero-order valence-electron chi connectivity index (χ0n) is 15.8. The summed E-state index contributed by atoms with van der Waals surface area (Å²) in [7, 11) is -2.13. The van der Waals surface area contributed by atoms with Gasteiger partial charge in [0.2, 0.25) is 27.0 Å². The first kappa shape index (κ1) is 22.3. The van der Waals surface area contributed by atoms with Crippen LogP contribution in [-0.4, -0.2) is 60.3 Å². The van der Waals surface area contributed by atoms with Crippen molar-refractivity contribution in [1.29, 1.82) is 0 Å². The van der Waals surface area contributed by atoms with Crippen LogP contribution in [0.2, 0.25) is 0 Å². The Kier molecular flexibility index (Phi) is 7.52. The molecule has 0 aliphatic carbocycles. The van der Waals surface area contributed by atoms with Gasteiger partial charge in [0.15, 0.2) is 4.34 Å². The topological polar surface area (TPSA) is 121 Å². The van der Waals surface area contributed by atoms with Crippen LogP contribution in [0, 0.1) is 13.8 Å². The second kappa shape index (κ2) is 9.45. The van der Waals surface area contributed by atoms with Gasteiger partial charge in [-0.25, -0.2) is 8.42 Å². The van der Waals surface area contributed by atoms with E-state index in [1.165, 1.54) is 18.8 Å². The van der Waals surface area contributed by atoms with Crippen LogP contribution in [-0.2, 0) is 19.6 Å². The van der Waals surface area contributed by atoms with Crippen molar-refractivity contribution in [3.05, 3.63) is 29.3 Å². The number of nitrogens with zero attached hydrogens (tertiary/aromatic N) is 3. The van der Waals surface area contributed by atoms with E-state index in [0.717, 1.165) is 38.7 Å². The molecular formula is C16H21N5O4S3. The molecule has 1 aromatic heterocycles. The Morgan fingerprint density at radius 3 is 2.54 bits per heavy atom. The molecule has 0 saturated carbocycles. The molecule has 0 saturated heterocycles. The number of benzene rings is 1. The van der Waals surface area contributed by atoms with Crippen LogP contribution in [0.5, 0.6) is 0 Å². The minimum absolute atomic E-state index is 0.146. The van der Waals surface area contributed by atoms with Gasteiger partial charge in [-0.1, -0.05) is 40.8 Å². The van der Waals surface area contributed by atoms with Crippen LogP contribution >= 0.6 is 23.1 Å². The summed E-state index contributed by atoms with van der Waals surface area (Å²) in [6.45, 7) is 3.59. The third-order valence-electron chi connectivity index (χ3n) is 3.57. The van der Waals surface area contributed by atoms with Gasteiger partial charge in [-0.3, -0.25) is 14.9 Å². The summed E-state index contributed by atoms with van der Waals surface area (Å²) in [6.07, 6.45) is 1.02. The number of anilines is 2. The van der Waals surface area contributed by atoms with Gasteiger partial charge in [0.05, 0.1) is 18.6 Å². The molecule has 0 fully saturated rings. The summed E-state index contributed by atoms with van der Waals surface area (Å²) in [5.41, 5.74) is 2.87. The maximum Gasteiger partial charge on any atom is 0.241 e. The number of hydrogen-bond donors (Lipinski definition) is 2. The molecule has 2 amide bonds. The van der Waals surface area contributed by atoms with Crippen molar-refractivity contribution >= 4 is 55.8 Å². The number of amides is 2. The Morgan fingerprint density at radius 2 is 1.89 bits per heavy atom. The van der Waals surface area contributed by atoms with Gasteiger partial charge >= 0.3 is 0 Å². The largest absolute Gasteiger partial charge is 0.325 e. The average Bonchev–Trinajstić information content (AvgIpc) is 3.02. The van der Waals surface area contributed by atoms with E-state index < -0.39 is 15.9 Å². The highest BCUT2D eigenvalue weighted by Gasteiger charge is 2.17. The maximum atomic E-state index is 12.1. The van der Waals surface area contributed by atoms with Crippen molar-refractivity contribution in [1.82, 2.24) is 14.5 Å². The van der Waals surface area contributed by atoms with Crippen LogP contribution in [0.3, 0.4) is 0 Å². The van der Waals surface area contributed by atoms with Gasteiger partial charge < -0.3 is 5.32 Å². The summed E-state index contributed by atoms with van der Waals surface area (Å²) in [5.74, 6) is -0.548. The summed E-state index contributed by atoms with van der Waals surface area (Å²) >= 11 is 2.31. The quantitative estimate of drug-likeness (QED) is 0.470. The van der Waals surface area contributed by atoms with Gasteiger partial charge in [0, 0.05) is 12.7 Å². The van der Waals surface area contributed by atoms with Crippen LogP contribution in [0.1, 0.15) is 11.1 Å². The molecule has 0 radical (unpaired) electrons. The predicted molar refractivity (Wildman–Crippen MR) is 111 cm³/mol. The third-order valence-corrected chi connectivity index (χ3v) is 6.80. The third kappa shape index (κ3) is 6.86. The highest BCUT2D eigenvalue weighted by molar-refractivity contribution is 8.01. The Labute approximate surface area is 172 Å². The van der Waals surface area contributed by atoms with Crippen LogP contribution in [0.15, 0.2) is 22.5 Å². The standard InChI is InChI=1S/C16H21N5O4S3/c1-10-5-6-12(11(2)7-10)17-14(23)9-26-16-20-19-15(27-16)18-13(22)8-21(3)28(4,24)25/h5-7H,8-9H2,1-4H3,(H,17,23)(H,18,19,22). The zero-order chi connectivity index (χ0) is 20.9. The number of nitrogens with one attached hydrogen (secondary N) is 2. The van der Waals surface area contributed by atoms with E-state index in [2.05, 4.69) is 20.8 Å². The molecule has 1 aromatic carbocycles. The molecule has 0 aliphatic rings. The van der Waals surface area contributed by atoms with E-state index in [-0.39, 0.29) is 23.3 Å². The van der Waals surface area contributed by atoms with Gasteiger partial charge in [-0.15, -0.1) is 10.2 Å². The molecule has 0 atom stereocenters. The Bertz CT molecular complexity index is 974. The molecule has 152 valence electrons. The first-order chi connectivity index (χ1) is 13.0. The molecule has 0 spiro atoms. The van der Waals surface area contributed by atoms with Crippen LogP contribution < -0.4 is 10.6 Å². The number of carbonyl (C=O) groups is 2. The van der Waals surface area contributed by atoms with Gasteiger partial charge in [-0.2, -0.15) is 4.31 Å². The molecular weight excluding hydrogens is 422 g/mol. The van der Waals surface area contributed by atoms with Crippen molar-refractivity contribution in [3.8, 4) is 0 Å². The van der Waals surface area contributed by atoms with E-state index in [4.69, 9.17) is 0 Å². The molecule has 28 heavy (non-hydrogen) atoms.